The highest BCUT2D eigenvalue weighted by Gasteiger charge is 2.45. The summed E-state index contributed by atoms with van der Waals surface area (Å²) in [6.45, 7) is 7.77. The first-order valence-corrected chi connectivity index (χ1v) is 31.5. The number of halogens is 4. The van der Waals surface area contributed by atoms with Crippen molar-refractivity contribution in [3.05, 3.63) is 177 Å². The zero-order valence-electron chi connectivity index (χ0n) is 48.6. The lowest BCUT2D eigenvalue weighted by atomic mass is 9.95. The predicted molar refractivity (Wildman–Crippen MR) is 339 cm³/mol. The molecule has 9 heterocycles. The third-order valence-corrected chi connectivity index (χ3v) is 18.7. The zero-order valence-corrected chi connectivity index (χ0v) is 52.6. The minimum absolute atomic E-state index is 0.0796. The number of esters is 2. The van der Waals surface area contributed by atoms with Gasteiger partial charge in [-0.2, -0.15) is 0 Å². The Labute approximate surface area is 536 Å². The van der Waals surface area contributed by atoms with Crippen molar-refractivity contribution in [1.29, 1.82) is 0 Å². The maximum atomic E-state index is 14.0. The van der Waals surface area contributed by atoms with Crippen molar-refractivity contribution in [3.63, 3.8) is 0 Å². The Bertz CT molecular complexity index is 3990. The number of methoxy groups -OCH3 is 2. The number of aliphatic carboxylic acids is 1. The molecule has 4 amide bonds. The molecule has 4 fully saturated rings. The number of ether oxygens (including phenoxy) is 2. The fourth-order valence-electron chi connectivity index (χ4n) is 11.3. The molecule has 0 aliphatic carbocycles. The quantitative estimate of drug-likeness (QED) is 0.0605. The number of amidine groups is 2. The van der Waals surface area contributed by atoms with Gasteiger partial charge in [0.05, 0.1) is 49.7 Å². The summed E-state index contributed by atoms with van der Waals surface area (Å²) in [4.78, 5) is 110. The average Bonchev–Trinajstić information content (AvgIpc) is 1.46. The third-order valence-electron chi connectivity index (χ3n) is 15.6. The van der Waals surface area contributed by atoms with E-state index in [0.717, 1.165) is 11.3 Å². The molecule has 0 bridgehead atoms. The Morgan fingerprint density at radius 1 is 0.689 bits per heavy atom. The molecule has 6 aliphatic rings. The fraction of sp³-hybridized carbons (Fsp3) is 0.295. The van der Waals surface area contributed by atoms with E-state index in [4.69, 9.17) is 47.8 Å². The number of carbonyl (C=O) groups excluding carboxylic acids is 5. The molecule has 0 radical (unpaired) electrons. The summed E-state index contributed by atoms with van der Waals surface area (Å²) < 4.78 is 38.3. The molecule has 466 valence electrons. The number of thiazole rings is 3. The number of aromatic nitrogens is 3. The van der Waals surface area contributed by atoms with Crippen LogP contribution < -0.4 is 20.4 Å². The van der Waals surface area contributed by atoms with Gasteiger partial charge in [0, 0.05) is 131 Å². The summed E-state index contributed by atoms with van der Waals surface area (Å²) in [6, 6.07) is 13.1. The highest BCUT2D eigenvalue weighted by atomic mass is 35.5. The fourth-order valence-corrected chi connectivity index (χ4v) is 13.8. The number of carbonyl (C=O) groups is 6. The molecule has 90 heavy (non-hydrogen) atoms. The third kappa shape index (κ3) is 13.6. The van der Waals surface area contributed by atoms with Crippen LogP contribution in [0, 0.1) is 11.6 Å². The van der Waals surface area contributed by atoms with Gasteiger partial charge < -0.3 is 35.0 Å². The van der Waals surface area contributed by atoms with Gasteiger partial charge in [-0.05, 0) is 74.0 Å². The zero-order chi connectivity index (χ0) is 63.5. The van der Waals surface area contributed by atoms with E-state index in [1.165, 1.54) is 105 Å². The summed E-state index contributed by atoms with van der Waals surface area (Å²) in [6.07, 6.45) is 7.98. The number of benzene rings is 3. The highest BCUT2D eigenvalue weighted by Crippen LogP contribution is 2.40. The molecule has 0 spiro atoms. The summed E-state index contributed by atoms with van der Waals surface area (Å²) in [5.41, 5.74) is 4.88. The van der Waals surface area contributed by atoms with Crippen LogP contribution in [0.4, 0.5) is 29.2 Å². The molecule has 3 aromatic heterocycles. The number of allylic oxidation sites excluding steroid dienone is 1. The van der Waals surface area contributed by atoms with Gasteiger partial charge in [-0.15, -0.1) is 34.0 Å². The highest BCUT2D eigenvalue weighted by molar-refractivity contribution is 7.14. The van der Waals surface area contributed by atoms with Gasteiger partial charge in [-0.1, -0.05) is 47.5 Å². The number of urea groups is 2. The topological polar surface area (TPSA) is 248 Å². The number of hydrogen-bond donors (Lipinski definition) is 3. The summed E-state index contributed by atoms with van der Waals surface area (Å²) >= 11 is 17.1. The van der Waals surface area contributed by atoms with E-state index in [9.17, 15) is 37.5 Å². The molecule has 0 saturated carbocycles. The first-order valence-electron chi connectivity index (χ1n) is 28.1. The minimum Gasteiger partial charge on any atom is -0.478 e. The van der Waals surface area contributed by atoms with Crippen LogP contribution >= 0.6 is 57.2 Å². The van der Waals surface area contributed by atoms with E-state index in [1.54, 1.807) is 46.5 Å². The van der Waals surface area contributed by atoms with E-state index in [-0.39, 0.29) is 56.7 Å². The molecule has 29 heteroatoms. The van der Waals surface area contributed by atoms with Gasteiger partial charge in [0.15, 0.2) is 32.6 Å². The van der Waals surface area contributed by atoms with Gasteiger partial charge in [0.2, 0.25) is 0 Å². The smallest absolute Gasteiger partial charge is 0.338 e. The number of carboxylic acid groups (broad SMARTS) is 1. The Morgan fingerprint density at radius 3 is 1.64 bits per heavy atom. The number of nitrogens with one attached hydrogen (secondary N) is 2. The lowest BCUT2D eigenvalue weighted by Gasteiger charge is -2.38. The Morgan fingerprint density at radius 2 is 1.19 bits per heavy atom. The van der Waals surface area contributed by atoms with Crippen LogP contribution in [0.3, 0.4) is 0 Å². The van der Waals surface area contributed by atoms with Crippen LogP contribution in [0.1, 0.15) is 58.3 Å². The SMILES string of the molecule is COC(=O)C1=C(CN2CCN3C(=O)N(c4ccc(/C=C(\C)C(=O)O)cc4)C[C@@H]3C2)NC(c2nccs2)=N[C@H]1c1ccc(F)cc1Cl.COC(=O)C1=C(CN2CCN3C(=O)N(c4nc(/C=C/C(C)=O)cs4)C[C@@H]3C2)NC(c2nccs2)=N[C@H]1c1ccc(F)cc1Cl. The van der Waals surface area contributed by atoms with Crippen LogP contribution in [0.15, 0.2) is 133 Å². The van der Waals surface area contributed by atoms with E-state index in [2.05, 4.69) is 35.4 Å². The molecule has 6 aromatic rings. The standard InChI is InChI=1S/C32H30ClFN6O5S.C29H27ClFN7O4S2/c1-18(30(41)42)13-19-3-6-21(7-4-19)40-16-22-15-38(10-11-39(22)32(40)44)17-25-26(31(43)45-2)27(23-8-5-20(34)14-24(23)33)37-28(36-25)29-35-9-12-46-29;1-16(39)3-5-18-15-44-28(33-18)38-13-19-12-36(8-9-37(19)29(38)41)14-22-23(27(40)42-2)24(20-6-4-17(31)11-21(20)30)35-25(34-22)26-32-7-10-43-26/h3-9,12-14,22,27H,10-11,15-17H2,1-2H3,(H,36,37)(H,41,42);3-7,10-11,15,19,24H,8-9,12-14H2,1-2H3,(H,34,35)/b18-13+;5-3+/t22-,27-;19-,24-/m00/s1. The molecule has 0 unspecified atom stereocenters. The van der Waals surface area contributed by atoms with Crippen molar-refractivity contribution >= 4 is 128 Å². The number of anilines is 2. The van der Waals surface area contributed by atoms with Crippen LogP contribution in [0.2, 0.25) is 10.0 Å². The molecule has 6 aliphatic heterocycles. The van der Waals surface area contributed by atoms with E-state index in [0.29, 0.717) is 120 Å². The lowest BCUT2D eigenvalue weighted by Crippen LogP contribution is -2.53. The normalized spacial score (nSPS) is 20.5. The van der Waals surface area contributed by atoms with Crippen molar-refractivity contribution < 1.29 is 52.1 Å². The number of fused-ring (bicyclic) bond motifs is 2. The van der Waals surface area contributed by atoms with Gasteiger partial charge >= 0.3 is 30.0 Å². The Hall–Kier alpha value is -8.57. The lowest BCUT2D eigenvalue weighted by molar-refractivity contribution is -0.137. The summed E-state index contributed by atoms with van der Waals surface area (Å²) in [5, 5.41) is 23.3. The molecule has 3 aromatic carbocycles. The van der Waals surface area contributed by atoms with Crippen molar-refractivity contribution in [3.8, 4) is 0 Å². The summed E-state index contributed by atoms with van der Waals surface area (Å²) in [5.74, 6) is -2.32. The van der Waals surface area contributed by atoms with Crippen LogP contribution in [0.25, 0.3) is 12.2 Å². The van der Waals surface area contributed by atoms with Crippen LogP contribution in [-0.2, 0) is 28.7 Å². The number of ketones is 1. The molecule has 3 N–H and O–H groups in total. The molecule has 4 saturated heterocycles. The first kappa shape index (κ1) is 63.0. The van der Waals surface area contributed by atoms with Crippen molar-refractivity contribution in [2.75, 3.05) is 89.5 Å². The van der Waals surface area contributed by atoms with E-state index in [1.807, 2.05) is 38.1 Å². The molecule has 4 atom stereocenters. The van der Waals surface area contributed by atoms with Crippen molar-refractivity contribution in [1.82, 2.24) is 45.2 Å². The molecule has 12 rings (SSSR count). The van der Waals surface area contributed by atoms with Crippen molar-refractivity contribution in [2.45, 2.75) is 38.0 Å². The number of hydrogen-bond acceptors (Lipinski definition) is 20. The van der Waals surface area contributed by atoms with Gasteiger partial charge in [-0.25, -0.2) is 47.7 Å². The van der Waals surface area contributed by atoms with Crippen LogP contribution in [0.5, 0.6) is 0 Å². The van der Waals surface area contributed by atoms with Gasteiger partial charge in [0.1, 0.15) is 23.7 Å². The van der Waals surface area contributed by atoms with Gasteiger partial charge in [0.25, 0.3) is 0 Å². The van der Waals surface area contributed by atoms with Crippen LogP contribution in [-0.4, -0.2) is 179 Å². The number of rotatable bonds is 16. The summed E-state index contributed by atoms with van der Waals surface area (Å²) in [7, 11) is 2.59. The predicted octanol–water partition coefficient (Wildman–Crippen LogP) is 8.71. The number of aliphatic imine (C=N–C) groups is 2. The largest absolute Gasteiger partial charge is 0.478 e. The van der Waals surface area contributed by atoms with Gasteiger partial charge in [-0.3, -0.25) is 34.4 Å². The molecular weight excluding hydrogens is 1260 g/mol. The second kappa shape index (κ2) is 27.3. The second-order valence-corrected chi connectivity index (χ2v) is 24.9. The van der Waals surface area contributed by atoms with E-state index < -0.39 is 41.6 Å². The maximum Gasteiger partial charge on any atom is 0.338 e. The molecular formula is C61H57Cl2F2N13O9S3. The number of amides is 4. The number of carboxylic acids is 1. The maximum absolute atomic E-state index is 14.0. The Kier molecular flexibility index (Phi) is 19.1. The minimum atomic E-state index is -0.986. The monoisotopic (exact) mass is 1320 g/mol. The van der Waals surface area contributed by atoms with Crippen molar-refractivity contribution in [2.24, 2.45) is 9.98 Å². The number of piperazine rings is 2. The molecule has 22 nitrogen and oxygen atoms in total. The average molecular weight is 1320 g/mol. The number of nitrogens with zero attached hydrogens (tertiary/aromatic N) is 11. The second-order valence-electron chi connectivity index (χ2n) is 21.5. The van der Waals surface area contributed by atoms with E-state index >= 15 is 0 Å². The first-order chi connectivity index (χ1) is 43.3. The Balaban J connectivity index is 0.000000185.